The molecule has 3 aromatic rings. The third-order valence-electron chi connectivity index (χ3n) is 4.07. The van der Waals surface area contributed by atoms with Crippen molar-refractivity contribution in [3.63, 3.8) is 0 Å². The fourth-order valence-corrected chi connectivity index (χ4v) is 2.67. The predicted octanol–water partition coefficient (Wildman–Crippen LogP) is 3.66. The lowest BCUT2D eigenvalue weighted by Gasteiger charge is -2.10. The zero-order chi connectivity index (χ0) is 17.8. The lowest BCUT2D eigenvalue weighted by Crippen LogP contribution is -2.26. The molecule has 128 valence electrons. The molecule has 2 aromatic carbocycles. The molecule has 0 atom stereocenters. The van der Waals surface area contributed by atoms with Gasteiger partial charge in [-0.25, -0.2) is 4.39 Å². The molecule has 1 heterocycles. The van der Waals surface area contributed by atoms with E-state index in [-0.39, 0.29) is 11.7 Å². The molecule has 0 radical (unpaired) electrons. The lowest BCUT2D eigenvalue weighted by atomic mass is 10.1. The molecule has 3 rings (SSSR count). The van der Waals surface area contributed by atoms with Gasteiger partial charge >= 0.3 is 0 Å². The monoisotopic (exact) mass is 338 g/mol. The van der Waals surface area contributed by atoms with E-state index in [1.165, 1.54) is 12.1 Å². The molecule has 5 heteroatoms. The second-order valence-electron chi connectivity index (χ2n) is 5.81. The number of hydrogen-bond acceptors (Lipinski definition) is 3. The van der Waals surface area contributed by atoms with Crippen LogP contribution >= 0.6 is 0 Å². The van der Waals surface area contributed by atoms with E-state index in [9.17, 15) is 9.18 Å². The Labute approximate surface area is 145 Å². The zero-order valence-electron chi connectivity index (χ0n) is 14.2. The number of nitrogens with zero attached hydrogens (tertiary/aromatic N) is 1. The summed E-state index contributed by atoms with van der Waals surface area (Å²) in [7, 11) is 1.60. The maximum absolute atomic E-state index is 12.9. The summed E-state index contributed by atoms with van der Waals surface area (Å²) >= 11 is 0. The Morgan fingerprint density at radius 2 is 1.92 bits per heavy atom. The van der Waals surface area contributed by atoms with Crippen molar-refractivity contribution in [2.45, 2.75) is 13.3 Å². The van der Waals surface area contributed by atoms with Gasteiger partial charge in [-0.1, -0.05) is 12.1 Å². The first-order valence-corrected chi connectivity index (χ1v) is 8.05. The highest BCUT2D eigenvalue weighted by atomic mass is 19.1. The number of ether oxygens (including phenoxy) is 1. The van der Waals surface area contributed by atoms with Gasteiger partial charge in [-0.15, -0.1) is 0 Å². The van der Waals surface area contributed by atoms with E-state index in [0.717, 1.165) is 22.2 Å². The van der Waals surface area contributed by atoms with E-state index in [2.05, 4.69) is 10.3 Å². The molecule has 0 unspecified atom stereocenters. The largest absolute Gasteiger partial charge is 0.497 e. The number of amides is 1. The second-order valence-corrected chi connectivity index (χ2v) is 5.81. The number of rotatable bonds is 5. The highest BCUT2D eigenvalue weighted by Crippen LogP contribution is 2.21. The topological polar surface area (TPSA) is 51.2 Å². The number of methoxy groups -OCH3 is 1. The lowest BCUT2D eigenvalue weighted by molar-refractivity contribution is 0.0953. The smallest absolute Gasteiger partial charge is 0.253 e. The molecule has 0 fully saturated rings. The SMILES string of the molecule is COc1ccc2nc(C)c(C(=O)NCCc3ccc(F)cc3)cc2c1. The van der Waals surface area contributed by atoms with Crippen LogP contribution in [0.3, 0.4) is 0 Å². The minimum Gasteiger partial charge on any atom is -0.497 e. The molecule has 0 saturated carbocycles. The maximum atomic E-state index is 12.9. The number of aryl methyl sites for hydroxylation is 1. The molecule has 25 heavy (non-hydrogen) atoms. The summed E-state index contributed by atoms with van der Waals surface area (Å²) < 4.78 is 18.1. The molecule has 4 nitrogen and oxygen atoms in total. The third-order valence-corrected chi connectivity index (χ3v) is 4.07. The number of pyridine rings is 1. The summed E-state index contributed by atoms with van der Waals surface area (Å²) in [5.74, 6) is 0.290. The van der Waals surface area contributed by atoms with Gasteiger partial charge in [-0.05, 0) is 55.3 Å². The van der Waals surface area contributed by atoms with Crippen molar-refractivity contribution in [1.82, 2.24) is 10.3 Å². The number of nitrogens with one attached hydrogen (secondary N) is 1. The van der Waals surface area contributed by atoms with Gasteiger partial charge in [0.25, 0.3) is 5.91 Å². The quantitative estimate of drug-likeness (QED) is 0.772. The van der Waals surface area contributed by atoms with Gasteiger partial charge in [0.05, 0.1) is 23.9 Å². The normalized spacial score (nSPS) is 10.7. The van der Waals surface area contributed by atoms with E-state index < -0.39 is 0 Å². The Bertz CT molecular complexity index is 907. The van der Waals surface area contributed by atoms with Crippen LogP contribution in [0.25, 0.3) is 10.9 Å². The van der Waals surface area contributed by atoms with Crippen molar-refractivity contribution in [3.05, 3.63) is 71.2 Å². The Morgan fingerprint density at radius 3 is 2.64 bits per heavy atom. The third kappa shape index (κ3) is 3.94. The highest BCUT2D eigenvalue weighted by Gasteiger charge is 2.12. The number of halogens is 1. The standard InChI is InChI=1S/C20H19FN2O2/c1-13-18(12-15-11-17(25-2)7-8-19(15)23-13)20(24)22-10-9-14-3-5-16(21)6-4-14/h3-8,11-12H,9-10H2,1-2H3,(H,22,24). The summed E-state index contributed by atoms with van der Waals surface area (Å²) in [6.45, 7) is 2.29. The number of fused-ring (bicyclic) bond motifs is 1. The molecule has 0 aliphatic carbocycles. The molecule has 1 amide bonds. The molecular formula is C20H19FN2O2. The Kier molecular flexibility index (Phi) is 4.93. The van der Waals surface area contributed by atoms with Crippen LogP contribution in [0.2, 0.25) is 0 Å². The van der Waals surface area contributed by atoms with Gasteiger partial charge in [0.15, 0.2) is 0 Å². The van der Waals surface area contributed by atoms with Crippen molar-refractivity contribution < 1.29 is 13.9 Å². The molecule has 0 saturated heterocycles. The highest BCUT2D eigenvalue weighted by molar-refractivity contribution is 5.98. The average molecular weight is 338 g/mol. The number of carbonyl (C=O) groups is 1. The minimum absolute atomic E-state index is 0.170. The van der Waals surface area contributed by atoms with Gasteiger partial charge < -0.3 is 10.1 Å². The Balaban J connectivity index is 1.72. The van der Waals surface area contributed by atoms with Crippen LogP contribution < -0.4 is 10.1 Å². The summed E-state index contributed by atoms with van der Waals surface area (Å²) in [6.07, 6.45) is 0.639. The Morgan fingerprint density at radius 1 is 1.16 bits per heavy atom. The van der Waals surface area contributed by atoms with Crippen molar-refractivity contribution in [2.75, 3.05) is 13.7 Å². The molecule has 0 aliphatic rings. The number of hydrogen-bond donors (Lipinski definition) is 1. The van der Waals surface area contributed by atoms with Gasteiger partial charge in [-0.2, -0.15) is 0 Å². The van der Waals surface area contributed by atoms with Crippen LogP contribution in [-0.4, -0.2) is 24.5 Å². The van der Waals surface area contributed by atoms with E-state index in [1.807, 2.05) is 31.2 Å². The van der Waals surface area contributed by atoms with Crippen LogP contribution in [-0.2, 0) is 6.42 Å². The van der Waals surface area contributed by atoms with Gasteiger partial charge in [0, 0.05) is 11.9 Å². The first kappa shape index (κ1) is 16.9. The van der Waals surface area contributed by atoms with Crippen molar-refractivity contribution in [2.24, 2.45) is 0 Å². The molecule has 1 N–H and O–H groups in total. The maximum Gasteiger partial charge on any atom is 0.253 e. The van der Waals surface area contributed by atoms with Crippen LogP contribution in [0.15, 0.2) is 48.5 Å². The molecular weight excluding hydrogens is 319 g/mol. The number of aromatic nitrogens is 1. The summed E-state index contributed by atoms with van der Waals surface area (Å²) in [4.78, 5) is 17.0. The van der Waals surface area contributed by atoms with Gasteiger partial charge in [0.2, 0.25) is 0 Å². The average Bonchev–Trinajstić information content (AvgIpc) is 2.62. The second kappa shape index (κ2) is 7.30. The summed E-state index contributed by atoms with van der Waals surface area (Å²) in [5, 5.41) is 3.75. The van der Waals surface area contributed by atoms with Crippen molar-refractivity contribution in [1.29, 1.82) is 0 Å². The number of carbonyl (C=O) groups excluding carboxylic acids is 1. The van der Waals surface area contributed by atoms with Crippen molar-refractivity contribution >= 4 is 16.8 Å². The van der Waals surface area contributed by atoms with Crippen molar-refractivity contribution in [3.8, 4) is 5.75 Å². The molecule has 0 spiro atoms. The summed E-state index contributed by atoms with van der Waals surface area (Å²) in [5.41, 5.74) is 3.01. The van der Waals surface area contributed by atoms with Gasteiger partial charge in [-0.3, -0.25) is 9.78 Å². The van der Waals surface area contributed by atoms with Crippen LogP contribution in [0.5, 0.6) is 5.75 Å². The summed E-state index contributed by atoms with van der Waals surface area (Å²) in [6, 6.07) is 13.7. The predicted molar refractivity (Wildman–Crippen MR) is 95.5 cm³/mol. The van der Waals surface area contributed by atoms with E-state index in [4.69, 9.17) is 4.74 Å². The fourth-order valence-electron chi connectivity index (χ4n) is 2.67. The van der Waals surface area contributed by atoms with Crippen LogP contribution in [0.4, 0.5) is 4.39 Å². The first-order valence-electron chi connectivity index (χ1n) is 8.05. The Hall–Kier alpha value is -2.95. The zero-order valence-corrected chi connectivity index (χ0v) is 14.2. The van der Waals surface area contributed by atoms with E-state index >= 15 is 0 Å². The number of benzene rings is 2. The van der Waals surface area contributed by atoms with Gasteiger partial charge in [0.1, 0.15) is 11.6 Å². The molecule has 0 aliphatic heterocycles. The first-order chi connectivity index (χ1) is 12.1. The molecule has 0 bridgehead atoms. The molecule has 1 aromatic heterocycles. The van der Waals surface area contributed by atoms with E-state index in [0.29, 0.717) is 24.2 Å². The van der Waals surface area contributed by atoms with Crippen LogP contribution in [0.1, 0.15) is 21.6 Å². The van der Waals surface area contributed by atoms with Crippen LogP contribution in [0, 0.1) is 12.7 Å². The minimum atomic E-state index is -0.263. The fraction of sp³-hybridized carbons (Fsp3) is 0.200. The van der Waals surface area contributed by atoms with E-state index in [1.54, 1.807) is 19.2 Å².